The highest BCUT2D eigenvalue weighted by Crippen LogP contribution is 2.30. The van der Waals surface area contributed by atoms with Crippen LogP contribution in [-0.4, -0.2) is 53.9 Å². The van der Waals surface area contributed by atoms with Gasteiger partial charge in [-0.3, -0.25) is 4.57 Å². The highest BCUT2D eigenvalue weighted by atomic mass is 35.5. The molecule has 0 saturated carbocycles. The number of halogens is 2. The first kappa shape index (κ1) is 19.2. The Bertz CT molecular complexity index is 808. The third-order valence-corrected chi connectivity index (χ3v) is 5.56. The van der Waals surface area contributed by atoms with Crippen LogP contribution in [0.2, 0.25) is 0 Å². The molecule has 6 nitrogen and oxygen atoms in total. The number of imidazole rings is 1. The highest BCUT2D eigenvalue weighted by molar-refractivity contribution is 5.85. The van der Waals surface area contributed by atoms with Gasteiger partial charge in [0.2, 0.25) is 0 Å². The summed E-state index contributed by atoms with van der Waals surface area (Å²) in [6.45, 7) is 3.60. The molecular formula is C18H25ClFN3O3. The molecule has 3 heterocycles. The molecule has 8 heteroatoms. The lowest BCUT2D eigenvalue weighted by molar-refractivity contribution is 0.0220. The van der Waals surface area contributed by atoms with E-state index in [0.717, 1.165) is 52.0 Å². The quantitative estimate of drug-likeness (QED) is 0.882. The van der Waals surface area contributed by atoms with Crippen molar-refractivity contribution in [3.8, 4) is 5.75 Å². The minimum absolute atomic E-state index is 0. The van der Waals surface area contributed by atoms with Gasteiger partial charge in [-0.15, -0.1) is 12.4 Å². The summed E-state index contributed by atoms with van der Waals surface area (Å²) in [6.07, 6.45) is 3.95. The van der Waals surface area contributed by atoms with Crippen LogP contribution in [0.3, 0.4) is 0 Å². The molecule has 0 bridgehead atoms. The monoisotopic (exact) mass is 385 g/mol. The average Bonchev–Trinajstić information content (AvgIpc) is 2.99. The van der Waals surface area contributed by atoms with Gasteiger partial charge in [-0.1, -0.05) is 0 Å². The van der Waals surface area contributed by atoms with E-state index in [9.17, 15) is 9.18 Å². The van der Waals surface area contributed by atoms with E-state index < -0.39 is 5.82 Å². The molecular weight excluding hydrogens is 361 g/mol. The molecule has 2 aromatic rings. The number of rotatable bonds is 3. The maximum Gasteiger partial charge on any atom is 0.326 e. The molecule has 4 rings (SSSR count). The van der Waals surface area contributed by atoms with E-state index in [2.05, 4.69) is 9.88 Å². The van der Waals surface area contributed by atoms with Crippen LogP contribution in [0.5, 0.6) is 5.75 Å². The van der Waals surface area contributed by atoms with Crippen LogP contribution in [0.25, 0.3) is 11.0 Å². The summed E-state index contributed by atoms with van der Waals surface area (Å²) in [5, 5.41) is 0. The number of fused-ring (bicyclic) bond motifs is 1. The zero-order chi connectivity index (χ0) is 17.4. The third kappa shape index (κ3) is 3.48. The van der Waals surface area contributed by atoms with Gasteiger partial charge in [0, 0.05) is 50.5 Å². The minimum atomic E-state index is -0.454. The van der Waals surface area contributed by atoms with Crippen LogP contribution >= 0.6 is 12.4 Å². The lowest BCUT2D eigenvalue weighted by Gasteiger charge is -2.39. The summed E-state index contributed by atoms with van der Waals surface area (Å²) in [6, 6.07) is 3.72. The van der Waals surface area contributed by atoms with Gasteiger partial charge in [0.25, 0.3) is 0 Å². The van der Waals surface area contributed by atoms with E-state index in [1.807, 2.05) is 0 Å². The number of nitrogens with zero attached hydrogens (tertiary/aromatic N) is 2. The summed E-state index contributed by atoms with van der Waals surface area (Å²) in [4.78, 5) is 17.6. The predicted octanol–water partition coefficient (Wildman–Crippen LogP) is 2.72. The van der Waals surface area contributed by atoms with Crippen molar-refractivity contribution in [2.45, 2.75) is 37.8 Å². The molecule has 144 valence electrons. The van der Waals surface area contributed by atoms with Crippen molar-refractivity contribution < 1.29 is 13.9 Å². The fraction of sp³-hybridized carbons (Fsp3) is 0.611. The van der Waals surface area contributed by atoms with E-state index in [4.69, 9.17) is 9.47 Å². The number of piperidine rings is 1. The number of nitrogens with one attached hydrogen (secondary N) is 1. The number of ether oxygens (including phenoxy) is 2. The van der Waals surface area contributed by atoms with Gasteiger partial charge in [0.05, 0.1) is 12.6 Å². The zero-order valence-electron chi connectivity index (χ0n) is 14.9. The molecule has 0 unspecified atom stereocenters. The molecule has 2 saturated heterocycles. The number of methoxy groups -OCH3 is 1. The van der Waals surface area contributed by atoms with E-state index in [1.165, 1.54) is 13.2 Å². The Morgan fingerprint density at radius 2 is 1.85 bits per heavy atom. The first-order valence-electron chi connectivity index (χ1n) is 8.97. The maximum atomic E-state index is 14.2. The van der Waals surface area contributed by atoms with Crippen molar-refractivity contribution in [3.63, 3.8) is 0 Å². The second-order valence-electron chi connectivity index (χ2n) is 6.91. The van der Waals surface area contributed by atoms with Gasteiger partial charge in [-0.25, -0.2) is 9.18 Å². The molecule has 0 aliphatic carbocycles. The Balaban J connectivity index is 0.00000196. The van der Waals surface area contributed by atoms with Crippen LogP contribution in [-0.2, 0) is 4.74 Å². The van der Waals surface area contributed by atoms with Crippen molar-refractivity contribution >= 4 is 23.4 Å². The Labute approximate surface area is 157 Å². The predicted molar refractivity (Wildman–Crippen MR) is 100 cm³/mol. The maximum absolute atomic E-state index is 14.2. The van der Waals surface area contributed by atoms with Crippen molar-refractivity contribution in [1.82, 2.24) is 14.5 Å². The van der Waals surface area contributed by atoms with E-state index in [0.29, 0.717) is 17.3 Å². The normalized spacial score (nSPS) is 20.2. The number of benzene rings is 1. The summed E-state index contributed by atoms with van der Waals surface area (Å²) >= 11 is 0. The average molecular weight is 386 g/mol. The van der Waals surface area contributed by atoms with E-state index in [-0.39, 0.29) is 29.7 Å². The number of aromatic amines is 1. The number of hydrogen-bond acceptors (Lipinski definition) is 4. The topological polar surface area (TPSA) is 59.5 Å². The lowest BCUT2D eigenvalue weighted by atomic mass is 9.99. The second-order valence-corrected chi connectivity index (χ2v) is 6.91. The van der Waals surface area contributed by atoms with Gasteiger partial charge in [0.15, 0.2) is 5.82 Å². The molecule has 1 aromatic carbocycles. The van der Waals surface area contributed by atoms with E-state index >= 15 is 0 Å². The van der Waals surface area contributed by atoms with Gasteiger partial charge < -0.3 is 19.4 Å². The number of likely N-dealkylation sites (tertiary alicyclic amines) is 1. The number of H-pyrrole nitrogens is 1. The van der Waals surface area contributed by atoms with Crippen LogP contribution in [0.1, 0.15) is 31.7 Å². The Morgan fingerprint density at radius 1 is 1.15 bits per heavy atom. The molecule has 1 N–H and O–H groups in total. The molecule has 0 radical (unpaired) electrons. The SMILES string of the molecule is COc1cc(F)c2[nH]c(=O)n(C3CCN(C4CCOCC4)CC3)c2c1.Cl. The van der Waals surface area contributed by atoms with Gasteiger partial charge in [0.1, 0.15) is 11.3 Å². The van der Waals surface area contributed by atoms with Crippen LogP contribution < -0.4 is 10.4 Å². The first-order chi connectivity index (χ1) is 12.2. The van der Waals surface area contributed by atoms with Crippen LogP contribution in [0, 0.1) is 5.82 Å². The molecule has 0 spiro atoms. The number of hydrogen-bond donors (Lipinski definition) is 1. The lowest BCUT2D eigenvalue weighted by Crippen LogP contribution is -2.45. The molecule has 0 atom stereocenters. The molecule has 26 heavy (non-hydrogen) atoms. The summed E-state index contributed by atoms with van der Waals surface area (Å²) in [7, 11) is 1.50. The van der Waals surface area contributed by atoms with Gasteiger partial charge >= 0.3 is 5.69 Å². The molecule has 2 fully saturated rings. The smallest absolute Gasteiger partial charge is 0.326 e. The van der Waals surface area contributed by atoms with Crippen LogP contribution in [0.4, 0.5) is 4.39 Å². The van der Waals surface area contributed by atoms with Gasteiger partial charge in [-0.2, -0.15) is 0 Å². The Kier molecular flexibility index (Phi) is 5.89. The third-order valence-electron chi connectivity index (χ3n) is 5.56. The largest absolute Gasteiger partial charge is 0.497 e. The van der Waals surface area contributed by atoms with Crippen molar-refractivity contribution in [3.05, 3.63) is 28.4 Å². The fourth-order valence-corrected chi connectivity index (χ4v) is 4.20. The summed E-state index contributed by atoms with van der Waals surface area (Å²) in [5.41, 5.74) is 0.607. The van der Waals surface area contributed by atoms with Crippen molar-refractivity contribution in [2.24, 2.45) is 0 Å². The standard InChI is InChI=1S/C18H24FN3O3.ClH/c1-24-14-10-15(19)17-16(11-14)22(18(23)20-17)13-2-6-21(7-3-13)12-4-8-25-9-5-12;/h10-13H,2-9H2,1H3,(H,20,23);1H. The van der Waals surface area contributed by atoms with Crippen molar-refractivity contribution in [1.29, 1.82) is 0 Å². The molecule has 2 aliphatic heterocycles. The summed E-state index contributed by atoms with van der Waals surface area (Å²) < 4.78 is 26.5. The first-order valence-corrected chi connectivity index (χ1v) is 8.97. The second kappa shape index (κ2) is 7.98. The van der Waals surface area contributed by atoms with Gasteiger partial charge in [-0.05, 0) is 25.7 Å². The molecule has 1 aromatic heterocycles. The zero-order valence-corrected chi connectivity index (χ0v) is 15.7. The highest BCUT2D eigenvalue weighted by Gasteiger charge is 2.29. The summed E-state index contributed by atoms with van der Waals surface area (Å²) in [5.74, 6) is -0.0257. The molecule has 0 amide bonds. The van der Waals surface area contributed by atoms with Crippen molar-refractivity contribution in [2.75, 3.05) is 33.4 Å². The molecule has 2 aliphatic rings. The number of aromatic nitrogens is 2. The van der Waals surface area contributed by atoms with E-state index in [1.54, 1.807) is 10.6 Å². The van der Waals surface area contributed by atoms with Crippen LogP contribution in [0.15, 0.2) is 16.9 Å². The fourth-order valence-electron chi connectivity index (χ4n) is 4.20. The minimum Gasteiger partial charge on any atom is -0.497 e. The Hall–Kier alpha value is -1.57. The Morgan fingerprint density at radius 3 is 2.50 bits per heavy atom.